The largest absolute Gasteiger partial charge is 0.393 e. The zero-order valence-electron chi connectivity index (χ0n) is 9.94. The van der Waals surface area contributed by atoms with Crippen LogP contribution in [0.5, 0.6) is 0 Å². The molecule has 1 aromatic carbocycles. The number of hydrogen-bond donors (Lipinski definition) is 1. The van der Waals surface area contributed by atoms with E-state index in [0.717, 1.165) is 18.8 Å². The number of hydrogen-bond acceptors (Lipinski definition) is 1. The summed E-state index contributed by atoms with van der Waals surface area (Å²) in [6.45, 7) is 0. The van der Waals surface area contributed by atoms with E-state index < -0.39 is 0 Å². The van der Waals surface area contributed by atoms with E-state index in [1.165, 1.54) is 37.7 Å². The van der Waals surface area contributed by atoms with Crippen LogP contribution >= 0.6 is 0 Å². The molecule has 0 heterocycles. The first kappa shape index (κ1) is 11.7. The zero-order valence-corrected chi connectivity index (χ0v) is 9.94. The van der Waals surface area contributed by atoms with Gasteiger partial charge < -0.3 is 5.11 Å². The minimum atomic E-state index is -0.148. The van der Waals surface area contributed by atoms with Gasteiger partial charge in [0.25, 0.3) is 0 Å². The molecule has 0 aliphatic heterocycles. The number of rotatable bonds is 4. The molecule has 0 spiro atoms. The van der Waals surface area contributed by atoms with Gasteiger partial charge in [0.05, 0.1) is 6.10 Å². The standard InChI is InChI=1S/C15H22O/c16-15(11-13-7-3-1-4-8-13)12-14-9-5-2-6-10-14/h1,3-4,7-8,14-16H,2,5-6,9-12H2. The highest BCUT2D eigenvalue weighted by atomic mass is 16.3. The highest BCUT2D eigenvalue weighted by Crippen LogP contribution is 2.27. The summed E-state index contributed by atoms with van der Waals surface area (Å²) in [6, 6.07) is 10.3. The summed E-state index contributed by atoms with van der Waals surface area (Å²) in [6.07, 6.45) is 8.44. The molecular formula is C15H22O. The fourth-order valence-electron chi connectivity index (χ4n) is 2.78. The van der Waals surface area contributed by atoms with Crippen LogP contribution in [0.15, 0.2) is 30.3 Å². The third-order valence-corrected chi connectivity index (χ3v) is 3.64. The number of aliphatic hydroxyl groups excluding tert-OH is 1. The average molecular weight is 218 g/mol. The summed E-state index contributed by atoms with van der Waals surface area (Å²) in [5, 5.41) is 10.1. The van der Waals surface area contributed by atoms with Crippen LogP contribution in [0.25, 0.3) is 0 Å². The third-order valence-electron chi connectivity index (χ3n) is 3.64. The van der Waals surface area contributed by atoms with Crippen molar-refractivity contribution in [3.63, 3.8) is 0 Å². The predicted octanol–water partition coefficient (Wildman–Crippen LogP) is 3.56. The Balaban J connectivity index is 1.77. The van der Waals surface area contributed by atoms with Crippen LogP contribution in [0, 0.1) is 5.92 Å². The lowest BCUT2D eigenvalue weighted by Crippen LogP contribution is -2.18. The van der Waals surface area contributed by atoms with E-state index in [0.29, 0.717) is 0 Å². The van der Waals surface area contributed by atoms with Crippen LogP contribution in [0.3, 0.4) is 0 Å². The number of aliphatic hydroxyl groups is 1. The molecule has 0 saturated heterocycles. The maximum atomic E-state index is 10.1. The maximum absolute atomic E-state index is 10.1. The fourth-order valence-corrected chi connectivity index (χ4v) is 2.78. The van der Waals surface area contributed by atoms with Crippen LogP contribution in [0.1, 0.15) is 44.1 Å². The Morgan fingerprint density at radius 1 is 1.06 bits per heavy atom. The SMILES string of the molecule is OC(Cc1ccccc1)CC1CCCCC1. The van der Waals surface area contributed by atoms with Gasteiger partial charge in [0.2, 0.25) is 0 Å². The summed E-state index contributed by atoms with van der Waals surface area (Å²) in [5.74, 6) is 0.771. The quantitative estimate of drug-likeness (QED) is 0.819. The molecule has 0 bridgehead atoms. The molecule has 1 atom stereocenters. The van der Waals surface area contributed by atoms with Crippen molar-refractivity contribution in [1.82, 2.24) is 0 Å². The minimum absolute atomic E-state index is 0.148. The van der Waals surface area contributed by atoms with E-state index in [-0.39, 0.29) is 6.10 Å². The first-order valence-electron chi connectivity index (χ1n) is 6.56. The van der Waals surface area contributed by atoms with Gasteiger partial charge in [0, 0.05) is 0 Å². The van der Waals surface area contributed by atoms with Gasteiger partial charge in [-0.15, -0.1) is 0 Å². The molecule has 0 aromatic heterocycles. The molecule has 1 heteroatoms. The molecule has 0 amide bonds. The predicted molar refractivity (Wildman–Crippen MR) is 67.3 cm³/mol. The van der Waals surface area contributed by atoms with E-state index in [2.05, 4.69) is 12.1 Å². The van der Waals surface area contributed by atoms with Gasteiger partial charge in [-0.1, -0.05) is 62.4 Å². The molecule has 1 aliphatic carbocycles. The van der Waals surface area contributed by atoms with Crippen molar-refractivity contribution in [2.75, 3.05) is 0 Å². The molecule has 1 saturated carbocycles. The van der Waals surface area contributed by atoms with Gasteiger partial charge in [-0.25, -0.2) is 0 Å². The first-order chi connectivity index (χ1) is 7.84. The first-order valence-corrected chi connectivity index (χ1v) is 6.56. The van der Waals surface area contributed by atoms with Crippen LogP contribution in [-0.2, 0) is 6.42 Å². The monoisotopic (exact) mass is 218 g/mol. The fraction of sp³-hybridized carbons (Fsp3) is 0.600. The Morgan fingerprint density at radius 3 is 2.44 bits per heavy atom. The summed E-state index contributed by atoms with van der Waals surface area (Å²) in [4.78, 5) is 0. The topological polar surface area (TPSA) is 20.2 Å². The molecule has 1 nitrogen and oxygen atoms in total. The number of benzene rings is 1. The van der Waals surface area contributed by atoms with Crippen molar-refractivity contribution in [3.05, 3.63) is 35.9 Å². The van der Waals surface area contributed by atoms with Crippen molar-refractivity contribution in [3.8, 4) is 0 Å². The second kappa shape index (κ2) is 6.05. The lowest BCUT2D eigenvalue weighted by atomic mass is 9.84. The van der Waals surface area contributed by atoms with Crippen LogP contribution in [-0.4, -0.2) is 11.2 Å². The molecule has 1 unspecified atom stereocenters. The maximum Gasteiger partial charge on any atom is 0.0583 e. The zero-order chi connectivity index (χ0) is 11.2. The molecule has 1 aliphatic rings. The Labute approximate surface area is 98.5 Å². The molecular weight excluding hydrogens is 196 g/mol. The molecule has 2 rings (SSSR count). The Kier molecular flexibility index (Phi) is 4.41. The van der Waals surface area contributed by atoms with Crippen molar-refractivity contribution in [1.29, 1.82) is 0 Å². The van der Waals surface area contributed by atoms with Crippen molar-refractivity contribution in [2.24, 2.45) is 5.92 Å². The van der Waals surface area contributed by atoms with E-state index >= 15 is 0 Å². The molecule has 1 aromatic rings. The summed E-state index contributed by atoms with van der Waals surface area (Å²) in [7, 11) is 0. The van der Waals surface area contributed by atoms with Gasteiger partial charge in [-0.05, 0) is 24.3 Å². The summed E-state index contributed by atoms with van der Waals surface area (Å²) < 4.78 is 0. The van der Waals surface area contributed by atoms with E-state index in [4.69, 9.17) is 0 Å². The van der Waals surface area contributed by atoms with Gasteiger partial charge in [-0.2, -0.15) is 0 Å². The second-order valence-electron chi connectivity index (χ2n) is 5.08. The van der Waals surface area contributed by atoms with Crippen LogP contribution in [0.4, 0.5) is 0 Å². The smallest absolute Gasteiger partial charge is 0.0583 e. The Hall–Kier alpha value is -0.820. The average Bonchev–Trinajstić information content (AvgIpc) is 2.31. The van der Waals surface area contributed by atoms with E-state index in [1.54, 1.807) is 0 Å². The summed E-state index contributed by atoms with van der Waals surface area (Å²) in [5.41, 5.74) is 1.26. The lowest BCUT2D eigenvalue weighted by molar-refractivity contribution is 0.130. The van der Waals surface area contributed by atoms with Gasteiger partial charge in [0.15, 0.2) is 0 Å². The minimum Gasteiger partial charge on any atom is -0.393 e. The molecule has 88 valence electrons. The Morgan fingerprint density at radius 2 is 1.75 bits per heavy atom. The lowest BCUT2D eigenvalue weighted by Gasteiger charge is -2.24. The van der Waals surface area contributed by atoms with E-state index in [1.807, 2.05) is 18.2 Å². The summed E-state index contributed by atoms with van der Waals surface area (Å²) >= 11 is 0. The normalized spacial score (nSPS) is 19.6. The highest BCUT2D eigenvalue weighted by Gasteiger charge is 2.17. The van der Waals surface area contributed by atoms with Crippen molar-refractivity contribution in [2.45, 2.75) is 51.0 Å². The van der Waals surface area contributed by atoms with Crippen molar-refractivity contribution >= 4 is 0 Å². The molecule has 1 N–H and O–H groups in total. The third kappa shape index (κ3) is 3.64. The molecule has 16 heavy (non-hydrogen) atoms. The van der Waals surface area contributed by atoms with E-state index in [9.17, 15) is 5.11 Å². The molecule has 0 radical (unpaired) electrons. The highest BCUT2D eigenvalue weighted by molar-refractivity contribution is 5.15. The second-order valence-corrected chi connectivity index (χ2v) is 5.08. The van der Waals surface area contributed by atoms with Gasteiger partial charge >= 0.3 is 0 Å². The van der Waals surface area contributed by atoms with Crippen LogP contribution in [0.2, 0.25) is 0 Å². The van der Waals surface area contributed by atoms with Gasteiger partial charge in [-0.3, -0.25) is 0 Å². The van der Waals surface area contributed by atoms with Crippen molar-refractivity contribution < 1.29 is 5.11 Å². The molecule has 1 fully saturated rings. The van der Waals surface area contributed by atoms with Gasteiger partial charge in [0.1, 0.15) is 0 Å². The van der Waals surface area contributed by atoms with Crippen LogP contribution < -0.4 is 0 Å². The Bertz CT molecular complexity index is 288.